The molecule has 0 spiro atoms. The topological polar surface area (TPSA) is 29.3 Å². The van der Waals surface area contributed by atoms with Crippen molar-refractivity contribution in [3.8, 4) is 0 Å². The van der Waals surface area contributed by atoms with Crippen molar-refractivity contribution in [2.24, 2.45) is 5.73 Å². The Balaban J connectivity index is 2.42. The van der Waals surface area contributed by atoms with Crippen LogP contribution in [-0.4, -0.2) is 23.8 Å². The Hall–Kier alpha value is -0.820. The summed E-state index contributed by atoms with van der Waals surface area (Å²) >= 11 is 8.23. The van der Waals surface area contributed by atoms with Crippen LogP contribution in [0.25, 0.3) is 0 Å². The van der Waals surface area contributed by atoms with E-state index in [0.717, 1.165) is 12.8 Å². The second-order valence-corrected chi connectivity index (χ2v) is 5.77. The van der Waals surface area contributed by atoms with Crippen molar-refractivity contribution in [1.82, 2.24) is 0 Å². The van der Waals surface area contributed by atoms with Crippen molar-refractivity contribution in [3.05, 3.63) is 28.2 Å². The molecular formula is C12H12BrF3N2S. The number of hydrogen-bond acceptors (Lipinski definition) is 2. The van der Waals surface area contributed by atoms with Gasteiger partial charge in [0.2, 0.25) is 0 Å². The van der Waals surface area contributed by atoms with Crippen LogP contribution in [0.4, 0.5) is 18.9 Å². The highest BCUT2D eigenvalue weighted by Gasteiger charge is 2.39. The van der Waals surface area contributed by atoms with Crippen LogP contribution in [0.1, 0.15) is 18.4 Å². The third-order valence-corrected chi connectivity index (χ3v) is 3.75. The number of nitrogens with two attached hydrogens (primary N) is 1. The van der Waals surface area contributed by atoms with E-state index in [2.05, 4.69) is 15.9 Å². The Labute approximate surface area is 122 Å². The van der Waals surface area contributed by atoms with Gasteiger partial charge in [0.05, 0.1) is 0 Å². The molecule has 2 rings (SSSR count). The van der Waals surface area contributed by atoms with E-state index in [-0.39, 0.29) is 11.0 Å². The molecule has 7 heteroatoms. The van der Waals surface area contributed by atoms with Gasteiger partial charge in [-0.1, -0.05) is 18.3 Å². The van der Waals surface area contributed by atoms with Crippen LogP contribution >= 0.6 is 28.1 Å². The van der Waals surface area contributed by atoms with Gasteiger partial charge in [0.15, 0.2) is 0 Å². The molecule has 1 aliphatic rings. The predicted molar refractivity (Wildman–Crippen MR) is 76.5 cm³/mol. The normalized spacial score (nSPS) is 15.4. The minimum Gasteiger partial charge on any atom is -0.389 e. The highest BCUT2D eigenvalue weighted by atomic mass is 79.9. The molecular weight excluding hydrogens is 341 g/mol. The third-order valence-electron chi connectivity index (χ3n) is 2.88. The second-order valence-electron chi connectivity index (χ2n) is 4.47. The van der Waals surface area contributed by atoms with Gasteiger partial charge in [-0.05, 0) is 40.9 Å². The largest absolute Gasteiger partial charge is 0.405 e. The average molecular weight is 353 g/mol. The van der Waals surface area contributed by atoms with E-state index in [9.17, 15) is 13.2 Å². The molecule has 2 nitrogen and oxygen atoms in total. The lowest BCUT2D eigenvalue weighted by Crippen LogP contribution is -2.37. The summed E-state index contributed by atoms with van der Waals surface area (Å²) < 4.78 is 38.7. The molecule has 0 atom stereocenters. The van der Waals surface area contributed by atoms with Crippen molar-refractivity contribution in [1.29, 1.82) is 0 Å². The molecule has 2 N–H and O–H groups in total. The van der Waals surface area contributed by atoms with Crippen molar-refractivity contribution in [3.63, 3.8) is 0 Å². The van der Waals surface area contributed by atoms with Crippen LogP contribution in [0.5, 0.6) is 0 Å². The Morgan fingerprint density at radius 3 is 2.53 bits per heavy atom. The summed E-state index contributed by atoms with van der Waals surface area (Å²) in [7, 11) is 0. The van der Waals surface area contributed by atoms with Crippen LogP contribution < -0.4 is 10.6 Å². The Bertz CT molecular complexity index is 500. The SMILES string of the molecule is NC(=S)c1c(Br)cccc1N(CC(F)(F)F)C1CC1. The Kier molecular flexibility index (Phi) is 4.06. The Morgan fingerprint density at radius 1 is 1.42 bits per heavy atom. The molecule has 0 unspecified atom stereocenters. The zero-order valence-electron chi connectivity index (χ0n) is 9.88. The molecule has 104 valence electrons. The minimum atomic E-state index is -4.25. The lowest BCUT2D eigenvalue weighted by molar-refractivity contribution is -0.120. The molecule has 0 saturated heterocycles. The summed E-state index contributed by atoms with van der Waals surface area (Å²) in [5.74, 6) is 0. The molecule has 1 fully saturated rings. The van der Waals surface area contributed by atoms with E-state index in [1.807, 2.05) is 0 Å². The molecule has 0 amide bonds. The van der Waals surface area contributed by atoms with Gasteiger partial charge in [-0.25, -0.2) is 0 Å². The number of hydrogen-bond donors (Lipinski definition) is 1. The number of halogens is 4. The first kappa shape index (κ1) is 14.6. The van der Waals surface area contributed by atoms with Gasteiger partial charge >= 0.3 is 6.18 Å². The number of thiocarbonyl (C=S) groups is 1. The third kappa shape index (κ3) is 3.60. The standard InChI is InChI=1S/C12H12BrF3N2S/c13-8-2-1-3-9(10(8)11(17)19)18(7-4-5-7)6-12(14,15)16/h1-3,7H,4-6H2,(H2,17,19). The lowest BCUT2D eigenvalue weighted by Gasteiger charge is -2.28. The molecule has 0 bridgehead atoms. The predicted octanol–water partition coefficient (Wildman–Crippen LogP) is 3.61. The van der Waals surface area contributed by atoms with Gasteiger partial charge in [0.25, 0.3) is 0 Å². The molecule has 0 aliphatic heterocycles. The molecule has 0 aromatic heterocycles. The number of alkyl halides is 3. The first-order valence-electron chi connectivity index (χ1n) is 5.71. The first-order valence-corrected chi connectivity index (χ1v) is 6.91. The summed E-state index contributed by atoms with van der Waals surface area (Å²) in [5.41, 5.74) is 6.54. The zero-order valence-corrected chi connectivity index (χ0v) is 12.3. The highest BCUT2D eigenvalue weighted by Crippen LogP contribution is 2.38. The summed E-state index contributed by atoms with van der Waals surface area (Å²) in [4.78, 5) is 1.44. The maximum absolute atomic E-state index is 12.7. The zero-order chi connectivity index (χ0) is 14.2. The molecule has 1 aromatic rings. The molecule has 0 radical (unpaired) electrons. The van der Waals surface area contributed by atoms with Crippen LogP contribution in [0.3, 0.4) is 0 Å². The lowest BCUT2D eigenvalue weighted by atomic mass is 10.1. The summed E-state index contributed by atoms with van der Waals surface area (Å²) in [5, 5.41) is 0. The van der Waals surface area contributed by atoms with E-state index in [4.69, 9.17) is 18.0 Å². The maximum atomic E-state index is 12.7. The fourth-order valence-corrected chi connectivity index (χ4v) is 2.90. The summed E-state index contributed by atoms with van der Waals surface area (Å²) in [6.45, 7) is -0.982. The molecule has 1 saturated carbocycles. The van der Waals surface area contributed by atoms with E-state index >= 15 is 0 Å². The van der Waals surface area contributed by atoms with E-state index in [1.54, 1.807) is 18.2 Å². The van der Waals surface area contributed by atoms with Gasteiger partial charge in [0.1, 0.15) is 11.5 Å². The fourth-order valence-electron chi connectivity index (χ4n) is 1.99. The molecule has 1 aliphatic carbocycles. The first-order chi connectivity index (χ1) is 8.79. The monoisotopic (exact) mass is 352 g/mol. The van der Waals surface area contributed by atoms with Crippen LogP contribution in [0.2, 0.25) is 0 Å². The summed E-state index contributed by atoms with van der Waals surface area (Å²) in [6.07, 6.45) is -2.73. The highest BCUT2D eigenvalue weighted by molar-refractivity contribution is 9.10. The summed E-state index contributed by atoms with van der Waals surface area (Å²) in [6, 6.07) is 4.96. The van der Waals surface area contributed by atoms with E-state index in [0.29, 0.717) is 15.7 Å². The van der Waals surface area contributed by atoms with Gasteiger partial charge < -0.3 is 10.6 Å². The van der Waals surface area contributed by atoms with Gasteiger partial charge in [-0.3, -0.25) is 0 Å². The molecule has 0 heterocycles. The average Bonchev–Trinajstić information content (AvgIpc) is 3.07. The minimum absolute atomic E-state index is 0.0796. The number of anilines is 1. The van der Waals surface area contributed by atoms with Crippen molar-refractivity contribution >= 4 is 38.8 Å². The number of rotatable bonds is 4. The van der Waals surface area contributed by atoms with Crippen LogP contribution in [0.15, 0.2) is 22.7 Å². The second kappa shape index (κ2) is 5.28. The van der Waals surface area contributed by atoms with Gasteiger partial charge in [0, 0.05) is 21.8 Å². The Morgan fingerprint density at radius 2 is 2.05 bits per heavy atom. The quantitative estimate of drug-likeness (QED) is 0.839. The van der Waals surface area contributed by atoms with Crippen molar-refractivity contribution in [2.45, 2.75) is 25.1 Å². The van der Waals surface area contributed by atoms with Gasteiger partial charge in [-0.15, -0.1) is 0 Å². The fraction of sp³-hybridized carbons (Fsp3) is 0.417. The maximum Gasteiger partial charge on any atom is 0.405 e. The molecule has 1 aromatic carbocycles. The van der Waals surface area contributed by atoms with Crippen molar-refractivity contribution in [2.75, 3.05) is 11.4 Å². The number of nitrogens with zero attached hydrogens (tertiary/aromatic N) is 1. The number of benzene rings is 1. The van der Waals surface area contributed by atoms with E-state index in [1.165, 1.54) is 4.90 Å². The van der Waals surface area contributed by atoms with Crippen LogP contribution in [0, 0.1) is 0 Å². The van der Waals surface area contributed by atoms with E-state index < -0.39 is 12.7 Å². The molecule has 19 heavy (non-hydrogen) atoms. The smallest absolute Gasteiger partial charge is 0.389 e. The van der Waals surface area contributed by atoms with Crippen LogP contribution in [-0.2, 0) is 0 Å². The van der Waals surface area contributed by atoms with Gasteiger partial charge in [-0.2, -0.15) is 13.2 Å². The van der Waals surface area contributed by atoms with Crippen molar-refractivity contribution < 1.29 is 13.2 Å².